The molecule has 0 saturated heterocycles. The molecule has 6 heteroatoms. The van der Waals surface area contributed by atoms with Crippen LogP contribution in [0.5, 0.6) is 0 Å². The second-order valence-electron chi connectivity index (χ2n) is 6.64. The van der Waals surface area contributed by atoms with Gasteiger partial charge in [0, 0.05) is 11.6 Å². The minimum absolute atomic E-state index is 0.0328. The van der Waals surface area contributed by atoms with Gasteiger partial charge in [0.2, 0.25) is 5.91 Å². The van der Waals surface area contributed by atoms with Crippen LogP contribution in [0.4, 0.5) is 8.78 Å². The van der Waals surface area contributed by atoms with Crippen LogP contribution >= 0.6 is 0 Å². The molecule has 0 spiro atoms. The Bertz CT molecular complexity index is 569. The van der Waals surface area contributed by atoms with E-state index in [1.807, 2.05) is 0 Å². The maximum atomic E-state index is 13.8. The first-order valence-corrected chi connectivity index (χ1v) is 7.89. The first-order valence-electron chi connectivity index (χ1n) is 7.89. The average Bonchev–Trinajstić information content (AvgIpc) is 2.45. The van der Waals surface area contributed by atoms with Crippen molar-refractivity contribution in [2.45, 2.75) is 56.7 Å². The summed E-state index contributed by atoms with van der Waals surface area (Å²) in [5.41, 5.74) is -2.74. The summed E-state index contributed by atoms with van der Waals surface area (Å²) >= 11 is 0. The molecule has 1 aromatic carbocycles. The molecule has 0 bridgehead atoms. The third-order valence-corrected chi connectivity index (χ3v) is 4.42. The summed E-state index contributed by atoms with van der Waals surface area (Å²) < 4.78 is 26.7. The lowest BCUT2D eigenvalue weighted by molar-refractivity contribution is -0.128. The fourth-order valence-electron chi connectivity index (χ4n) is 3.04. The highest BCUT2D eigenvalue weighted by Gasteiger charge is 2.33. The highest BCUT2D eigenvalue weighted by Crippen LogP contribution is 2.31. The molecular weight excluding hydrogens is 304 g/mol. The zero-order valence-corrected chi connectivity index (χ0v) is 13.2. The van der Waals surface area contributed by atoms with E-state index in [4.69, 9.17) is 0 Å². The van der Waals surface area contributed by atoms with Crippen molar-refractivity contribution in [2.75, 3.05) is 6.54 Å². The van der Waals surface area contributed by atoms with Crippen molar-refractivity contribution in [3.8, 4) is 0 Å². The lowest BCUT2D eigenvalue weighted by Crippen LogP contribution is -2.43. The number of nitrogens with one attached hydrogen (secondary N) is 1. The van der Waals surface area contributed by atoms with E-state index in [2.05, 4.69) is 5.32 Å². The van der Waals surface area contributed by atoms with Crippen LogP contribution in [-0.2, 0) is 10.4 Å². The van der Waals surface area contributed by atoms with Crippen molar-refractivity contribution in [3.05, 3.63) is 35.4 Å². The topological polar surface area (TPSA) is 69.6 Å². The fourth-order valence-corrected chi connectivity index (χ4v) is 3.04. The molecule has 0 radical (unpaired) electrons. The second kappa shape index (κ2) is 6.93. The summed E-state index contributed by atoms with van der Waals surface area (Å²) in [5.74, 6) is -1.99. The standard InChI is InChI=1S/C17H23F2NO3/c1-16(22,13-6-5-12(18)9-14(13)19)11-20-15(21)10-17(23)7-3-2-4-8-17/h5-6,9,22-23H,2-4,7-8,10-11H2,1H3,(H,20,21). The highest BCUT2D eigenvalue weighted by atomic mass is 19.1. The number of halogens is 2. The summed E-state index contributed by atoms with van der Waals surface area (Å²) in [6, 6.07) is 2.90. The molecule has 23 heavy (non-hydrogen) atoms. The normalized spacial score (nSPS) is 19.9. The predicted octanol–water partition coefficient (Wildman–Crippen LogP) is 2.37. The van der Waals surface area contributed by atoms with Gasteiger partial charge < -0.3 is 15.5 Å². The zero-order chi connectivity index (χ0) is 17.1. The van der Waals surface area contributed by atoms with Crippen LogP contribution in [0, 0.1) is 11.6 Å². The van der Waals surface area contributed by atoms with Gasteiger partial charge in [-0.15, -0.1) is 0 Å². The van der Waals surface area contributed by atoms with Crippen LogP contribution in [0.15, 0.2) is 18.2 Å². The zero-order valence-electron chi connectivity index (χ0n) is 13.2. The van der Waals surface area contributed by atoms with E-state index in [1.165, 1.54) is 6.92 Å². The smallest absolute Gasteiger partial charge is 0.223 e. The number of benzene rings is 1. The molecule has 1 aliphatic rings. The van der Waals surface area contributed by atoms with Gasteiger partial charge in [0.15, 0.2) is 0 Å². The number of rotatable bonds is 5. The van der Waals surface area contributed by atoms with Crippen LogP contribution in [-0.4, -0.2) is 28.3 Å². The van der Waals surface area contributed by atoms with E-state index in [0.29, 0.717) is 18.9 Å². The van der Waals surface area contributed by atoms with E-state index >= 15 is 0 Å². The van der Waals surface area contributed by atoms with Crippen molar-refractivity contribution in [1.82, 2.24) is 5.32 Å². The molecule has 1 aromatic rings. The number of carbonyl (C=O) groups is 1. The number of amides is 1. The van der Waals surface area contributed by atoms with E-state index in [1.54, 1.807) is 0 Å². The van der Waals surface area contributed by atoms with Gasteiger partial charge in [0.05, 0.1) is 18.6 Å². The predicted molar refractivity (Wildman–Crippen MR) is 81.6 cm³/mol. The van der Waals surface area contributed by atoms with Gasteiger partial charge in [-0.3, -0.25) is 4.79 Å². The largest absolute Gasteiger partial charge is 0.389 e. The Morgan fingerprint density at radius 3 is 2.57 bits per heavy atom. The Morgan fingerprint density at radius 2 is 1.96 bits per heavy atom. The molecule has 0 aliphatic heterocycles. The molecular formula is C17H23F2NO3. The van der Waals surface area contributed by atoms with Crippen molar-refractivity contribution in [1.29, 1.82) is 0 Å². The van der Waals surface area contributed by atoms with Crippen LogP contribution in [0.25, 0.3) is 0 Å². The number of carbonyl (C=O) groups excluding carboxylic acids is 1. The van der Waals surface area contributed by atoms with Crippen molar-refractivity contribution < 1.29 is 23.8 Å². The van der Waals surface area contributed by atoms with Gasteiger partial charge in [-0.1, -0.05) is 25.3 Å². The molecule has 0 heterocycles. The van der Waals surface area contributed by atoms with E-state index in [0.717, 1.165) is 31.4 Å². The van der Waals surface area contributed by atoms with Crippen LogP contribution in [0.2, 0.25) is 0 Å². The molecule has 1 fully saturated rings. The van der Waals surface area contributed by atoms with Gasteiger partial charge in [-0.05, 0) is 25.8 Å². The first-order chi connectivity index (χ1) is 10.7. The highest BCUT2D eigenvalue weighted by molar-refractivity contribution is 5.77. The molecule has 1 unspecified atom stereocenters. The number of aliphatic hydroxyl groups is 2. The van der Waals surface area contributed by atoms with Gasteiger partial charge in [-0.2, -0.15) is 0 Å². The lowest BCUT2D eigenvalue weighted by Gasteiger charge is -2.32. The Hall–Kier alpha value is -1.53. The van der Waals surface area contributed by atoms with Crippen LogP contribution < -0.4 is 5.32 Å². The van der Waals surface area contributed by atoms with Crippen molar-refractivity contribution in [2.24, 2.45) is 0 Å². The molecule has 128 valence electrons. The number of hydrogen-bond acceptors (Lipinski definition) is 3. The SMILES string of the molecule is CC(O)(CNC(=O)CC1(O)CCCCC1)c1ccc(F)cc1F. The van der Waals surface area contributed by atoms with E-state index < -0.39 is 28.7 Å². The minimum Gasteiger partial charge on any atom is -0.389 e. The second-order valence-corrected chi connectivity index (χ2v) is 6.64. The van der Waals surface area contributed by atoms with Crippen molar-refractivity contribution >= 4 is 5.91 Å². The molecule has 0 aromatic heterocycles. The molecule has 2 rings (SSSR count). The number of hydrogen-bond donors (Lipinski definition) is 3. The van der Waals surface area contributed by atoms with Gasteiger partial charge in [-0.25, -0.2) is 8.78 Å². The van der Waals surface area contributed by atoms with E-state index in [9.17, 15) is 23.8 Å². The minimum atomic E-state index is -1.66. The third kappa shape index (κ3) is 4.72. The molecule has 1 atom stereocenters. The Labute approximate surface area is 134 Å². The first kappa shape index (κ1) is 17.8. The maximum Gasteiger partial charge on any atom is 0.223 e. The summed E-state index contributed by atoms with van der Waals surface area (Å²) in [7, 11) is 0. The monoisotopic (exact) mass is 327 g/mol. The quantitative estimate of drug-likeness (QED) is 0.778. The van der Waals surface area contributed by atoms with Crippen LogP contribution in [0.3, 0.4) is 0 Å². The Kier molecular flexibility index (Phi) is 5.37. The molecule has 1 saturated carbocycles. The molecule has 3 N–H and O–H groups in total. The fraction of sp³-hybridized carbons (Fsp3) is 0.588. The van der Waals surface area contributed by atoms with Gasteiger partial charge >= 0.3 is 0 Å². The Morgan fingerprint density at radius 1 is 1.30 bits per heavy atom. The Balaban J connectivity index is 1.94. The molecule has 4 nitrogen and oxygen atoms in total. The third-order valence-electron chi connectivity index (χ3n) is 4.42. The van der Waals surface area contributed by atoms with Gasteiger partial charge in [0.25, 0.3) is 0 Å². The van der Waals surface area contributed by atoms with E-state index in [-0.39, 0.29) is 18.5 Å². The van der Waals surface area contributed by atoms with Crippen LogP contribution in [0.1, 0.15) is 51.0 Å². The maximum absolute atomic E-state index is 13.8. The van der Waals surface area contributed by atoms with Crippen molar-refractivity contribution in [3.63, 3.8) is 0 Å². The lowest BCUT2D eigenvalue weighted by atomic mass is 9.82. The molecule has 1 aliphatic carbocycles. The summed E-state index contributed by atoms with van der Waals surface area (Å²) in [6.07, 6.45) is 3.98. The average molecular weight is 327 g/mol. The summed E-state index contributed by atoms with van der Waals surface area (Å²) in [6.45, 7) is 1.13. The van der Waals surface area contributed by atoms with Gasteiger partial charge in [0.1, 0.15) is 17.2 Å². The summed E-state index contributed by atoms with van der Waals surface area (Å²) in [4.78, 5) is 12.0. The summed E-state index contributed by atoms with van der Waals surface area (Å²) in [5, 5.41) is 23.2. The molecule has 1 amide bonds.